The predicted molar refractivity (Wildman–Crippen MR) is 115 cm³/mol. The van der Waals surface area contributed by atoms with Gasteiger partial charge in [-0.05, 0) is 30.2 Å². The quantitative estimate of drug-likeness (QED) is 0.457. The van der Waals surface area contributed by atoms with Gasteiger partial charge in [0.1, 0.15) is 0 Å². The summed E-state index contributed by atoms with van der Waals surface area (Å²) in [6.07, 6.45) is 0.209. The van der Waals surface area contributed by atoms with E-state index in [2.05, 4.69) is 10.6 Å². The Labute approximate surface area is 175 Å². The van der Waals surface area contributed by atoms with Crippen molar-refractivity contribution < 1.29 is 19.1 Å². The summed E-state index contributed by atoms with van der Waals surface area (Å²) in [4.78, 5) is 37.3. The molecule has 0 fully saturated rings. The van der Waals surface area contributed by atoms with Crippen LogP contribution in [0.5, 0.6) is 0 Å². The molecule has 2 amide bonds. The molecule has 6 nitrogen and oxygen atoms in total. The van der Waals surface area contributed by atoms with Gasteiger partial charge in [-0.1, -0.05) is 44.2 Å². The smallest absolute Gasteiger partial charge is 0.307 e. The Morgan fingerprint density at radius 3 is 2.41 bits per heavy atom. The lowest BCUT2D eigenvalue weighted by molar-refractivity contribution is -0.146. The van der Waals surface area contributed by atoms with Gasteiger partial charge in [0.05, 0.1) is 17.7 Å². The molecule has 0 saturated carbocycles. The lowest BCUT2D eigenvalue weighted by Crippen LogP contribution is -2.29. The first-order chi connectivity index (χ1) is 14.0. The Hall–Kier alpha value is -2.80. The van der Waals surface area contributed by atoms with Crippen LogP contribution in [-0.4, -0.2) is 36.7 Å². The highest BCUT2D eigenvalue weighted by Gasteiger charge is 2.14. The number of para-hydroxylation sites is 1. The normalized spacial score (nSPS) is 10.4. The van der Waals surface area contributed by atoms with Gasteiger partial charge in [-0.2, -0.15) is 0 Å². The molecule has 2 aromatic carbocycles. The minimum atomic E-state index is -0.488. The Balaban J connectivity index is 1.77. The van der Waals surface area contributed by atoms with Gasteiger partial charge in [-0.15, -0.1) is 11.8 Å². The largest absolute Gasteiger partial charge is 0.456 e. The molecule has 0 aliphatic carbocycles. The molecule has 2 N–H and O–H groups in total. The minimum absolute atomic E-state index is 0.209. The molecule has 0 spiro atoms. The van der Waals surface area contributed by atoms with Gasteiger partial charge < -0.3 is 15.4 Å². The van der Waals surface area contributed by atoms with Crippen molar-refractivity contribution in [1.29, 1.82) is 0 Å². The molecule has 29 heavy (non-hydrogen) atoms. The number of ether oxygens (including phenoxy) is 1. The van der Waals surface area contributed by atoms with E-state index >= 15 is 0 Å². The zero-order chi connectivity index (χ0) is 21.1. The standard InChI is InChI=1S/C22H26N2O4S/c1-16(2)14-23-22(27)18-10-6-7-11-19(18)24-20(25)15-28-21(26)12-13-29-17-8-4-3-5-9-17/h3-11,16H,12-15H2,1-2H3,(H,23,27)(H,24,25). The summed E-state index contributed by atoms with van der Waals surface area (Å²) >= 11 is 1.55. The number of nitrogens with one attached hydrogen (secondary N) is 2. The van der Waals surface area contributed by atoms with Crippen molar-refractivity contribution in [3.8, 4) is 0 Å². The fourth-order valence-electron chi connectivity index (χ4n) is 2.36. The number of hydrogen-bond acceptors (Lipinski definition) is 5. The van der Waals surface area contributed by atoms with Gasteiger partial charge in [0.2, 0.25) is 0 Å². The van der Waals surface area contributed by atoms with E-state index in [-0.39, 0.29) is 12.3 Å². The van der Waals surface area contributed by atoms with Crippen LogP contribution in [0.1, 0.15) is 30.6 Å². The highest BCUT2D eigenvalue weighted by molar-refractivity contribution is 7.99. The number of carbonyl (C=O) groups excluding carboxylic acids is 3. The van der Waals surface area contributed by atoms with Crippen molar-refractivity contribution in [3.63, 3.8) is 0 Å². The van der Waals surface area contributed by atoms with Crippen molar-refractivity contribution in [2.24, 2.45) is 5.92 Å². The molecule has 2 aromatic rings. The number of carbonyl (C=O) groups is 3. The number of benzene rings is 2. The molecule has 0 atom stereocenters. The first-order valence-electron chi connectivity index (χ1n) is 9.46. The van der Waals surface area contributed by atoms with Crippen LogP contribution in [0.4, 0.5) is 5.69 Å². The molecule has 0 heterocycles. The van der Waals surface area contributed by atoms with Crippen LogP contribution in [-0.2, 0) is 14.3 Å². The highest BCUT2D eigenvalue weighted by Crippen LogP contribution is 2.18. The monoisotopic (exact) mass is 414 g/mol. The van der Waals surface area contributed by atoms with Crippen LogP contribution in [0.25, 0.3) is 0 Å². The number of thioether (sulfide) groups is 1. The Kier molecular flexibility index (Phi) is 9.24. The average molecular weight is 415 g/mol. The summed E-state index contributed by atoms with van der Waals surface area (Å²) in [5.74, 6) is -0.294. The fraction of sp³-hybridized carbons (Fsp3) is 0.318. The fourth-order valence-corrected chi connectivity index (χ4v) is 3.21. The summed E-state index contributed by atoms with van der Waals surface area (Å²) in [6, 6.07) is 16.5. The third-order valence-electron chi connectivity index (χ3n) is 3.80. The number of hydrogen-bond donors (Lipinski definition) is 2. The third-order valence-corrected chi connectivity index (χ3v) is 4.81. The van der Waals surface area contributed by atoms with E-state index in [9.17, 15) is 14.4 Å². The zero-order valence-corrected chi connectivity index (χ0v) is 17.5. The summed E-state index contributed by atoms with van der Waals surface area (Å²) < 4.78 is 5.03. The summed E-state index contributed by atoms with van der Waals surface area (Å²) in [5, 5.41) is 5.46. The van der Waals surface area contributed by atoms with Gasteiger partial charge in [-0.3, -0.25) is 14.4 Å². The molecule has 0 unspecified atom stereocenters. The Morgan fingerprint density at radius 2 is 1.69 bits per heavy atom. The molecule has 0 saturated heterocycles. The Bertz CT molecular complexity index is 825. The van der Waals surface area contributed by atoms with Crippen LogP contribution in [0.15, 0.2) is 59.5 Å². The first-order valence-corrected chi connectivity index (χ1v) is 10.4. The van der Waals surface area contributed by atoms with Crippen LogP contribution < -0.4 is 10.6 Å². The predicted octanol–water partition coefficient (Wildman–Crippen LogP) is 3.74. The molecule has 7 heteroatoms. The van der Waals surface area contributed by atoms with Crippen molar-refractivity contribution >= 4 is 35.2 Å². The Morgan fingerprint density at radius 1 is 1.00 bits per heavy atom. The van der Waals surface area contributed by atoms with Gasteiger partial charge in [0, 0.05) is 17.2 Å². The molecule has 0 aromatic heterocycles. The number of anilines is 1. The summed E-state index contributed by atoms with van der Waals surface area (Å²) in [6.45, 7) is 4.15. The summed E-state index contributed by atoms with van der Waals surface area (Å²) in [5.41, 5.74) is 0.751. The zero-order valence-electron chi connectivity index (χ0n) is 16.6. The first kappa shape index (κ1) is 22.5. The van der Waals surface area contributed by atoms with Crippen LogP contribution >= 0.6 is 11.8 Å². The van der Waals surface area contributed by atoms with Crippen molar-refractivity contribution in [2.75, 3.05) is 24.2 Å². The molecule has 2 rings (SSSR count). The topological polar surface area (TPSA) is 84.5 Å². The number of amides is 2. The van der Waals surface area contributed by atoms with Gasteiger partial charge in [0.15, 0.2) is 6.61 Å². The van der Waals surface area contributed by atoms with E-state index < -0.39 is 18.5 Å². The van der Waals surface area contributed by atoms with E-state index in [1.54, 1.807) is 36.0 Å². The molecule has 0 radical (unpaired) electrons. The second kappa shape index (κ2) is 11.9. The van der Waals surface area contributed by atoms with E-state index in [0.29, 0.717) is 29.5 Å². The van der Waals surface area contributed by atoms with Crippen LogP contribution in [0.2, 0.25) is 0 Å². The third kappa shape index (κ3) is 8.39. The molecule has 154 valence electrons. The maximum atomic E-state index is 12.3. The minimum Gasteiger partial charge on any atom is -0.456 e. The van der Waals surface area contributed by atoms with Crippen molar-refractivity contribution in [2.45, 2.75) is 25.2 Å². The van der Waals surface area contributed by atoms with E-state index in [1.165, 1.54) is 0 Å². The van der Waals surface area contributed by atoms with Gasteiger partial charge in [-0.25, -0.2) is 0 Å². The van der Waals surface area contributed by atoms with Crippen molar-refractivity contribution in [3.05, 3.63) is 60.2 Å². The van der Waals surface area contributed by atoms with Gasteiger partial charge in [0.25, 0.3) is 11.8 Å². The molecular weight excluding hydrogens is 388 g/mol. The maximum absolute atomic E-state index is 12.3. The second-order valence-corrected chi connectivity index (χ2v) is 7.94. The van der Waals surface area contributed by atoms with E-state index in [1.807, 2.05) is 44.2 Å². The number of rotatable bonds is 10. The number of esters is 1. The van der Waals surface area contributed by atoms with Crippen LogP contribution in [0, 0.1) is 5.92 Å². The van der Waals surface area contributed by atoms with Crippen molar-refractivity contribution in [1.82, 2.24) is 5.32 Å². The van der Waals surface area contributed by atoms with E-state index in [4.69, 9.17) is 4.74 Å². The molecule has 0 aliphatic rings. The summed E-state index contributed by atoms with van der Waals surface area (Å²) in [7, 11) is 0. The highest BCUT2D eigenvalue weighted by atomic mass is 32.2. The molecular formula is C22H26N2O4S. The maximum Gasteiger partial charge on any atom is 0.307 e. The second-order valence-electron chi connectivity index (χ2n) is 6.77. The SMILES string of the molecule is CC(C)CNC(=O)c1ccccc1NC(=O)COC(=O)CCSc1ccccc1. The molecule has 0 aliphatic heterocycles. The average Bonchev–Trinajstić information content (AvgIpc) is 2.71. The molecule has 0 bridgehead atoms. The lowest BCUT2D eigenvalue weighted by Gasteiger charge is -2.12. The van der Waals surface area contributed by atoms with E-state index in [0.717, 1.165) is 4.90 Å². The lowest BCUT2D eigenvalue weighted by atomic mass is 10.1. The van der Waals surface area contributed by atoms with Gasteiger partial charge >= 0.3 is 5.97 Å². The van der Waals surface area contributed by atoms with Crippen LogP contribution in [0.3, 0.4) is 0 Å².